The highest BCUT2D eigenvalue weighted by molar-refractivity contribution is 7.90. The molecule has 2 saturated heterocycles. The fourth-order valence-electron chi connectivity index (χ4n) is 10.2. The molecule has 2 aliphatic carbocycles. The highest BCUT2D eigenvalue weighted by atomic mass is 35.5. The lowest BCUT2D eigenvalue weighted by atomic mass is 9.63. The number of aryl methyl sites for hydroxylation is 1. The Bertz CT molecular complexity index is 1960. The number of halogens is 1. The number of nitrogens with zero attached hydrogens (tertiary/aromatic N) is 3. The second-order valence-electron chi connectivity index (χ2n) is 17.1. The number of sulfonamides is 1. The smallest absolute Gasteiger partial charge is 0.264 e. The molecule has 4 heterocycles. The lowest BCUT2D eigenvalue weighted by Crippen LogP contribution is -2.65. The standard InChI is InChI=1S/C42H55ClN4O7S/c1-27-7-5-16-42(52-4,25-45-17-18-47-34(22-45)23-53-28(2)40(47)49)36-12-9-32(36)21-46-24-41(15-6-8-30-19-33(43)11-13-35(30)41)26-54-38-14-10-31(20-37(38)46)39(48)44-55(50,51)29(27)3/h5,10-11,13-14,16,19-20,27-29,32,34,36H,6-9,12,15,17-18,21-26H2,1-4H3,(H,44,48)/b16-5-/t27-,28-,29+,32-,34-,36+,41-,42+/m0/s1. The normalized spacial score (nSPS) is 35.7. The summed E-state index contributed by atoms with van der Waals surface area (Å²) in [7, 11) is -2.19. The van der Waals surface area contributed by atoms with Crippen molar-refractivity contribution in [1.29, 1.82) is 0 Å². The van der Waals surface area contributed by atoms with E-state index < -0.39 is 32.9 Å². The Morgan fingerprint density at radius 1 is 1.05 bits per heavy atom. The fourth-order valence-corrected chi connectivity index (χ4v) is 11.7. The Morgan fingerprint density at radius 3 is 2.67 bits per heavy atom. The maximum absolute atomic E-state index is 13.7. The van der Waals surface area contributed by atoms with Crippen LogP contribution in [0.5, 0.6) is 5.75 Å². The van der Waals surface area contributed by atoms with E-state index in [1.807, 2.05) is 36.9 Å². The van der Waals surface area contributed by atoms with Gasteiger partial charge in [0.25, 0.3) is 11.8 Å². The summed E-state index contributed by atoms with van der Waals surface area (Å²) in [6.07, 6.45) is 9.31. The van der Waals surface area contributed by atoms with Crippen molar-refractivity contribution in [3.63, 3.8) is 0 Å². The minimum absolute atomic E-state index is 0.00718. The molecule has 6 aliphatic rings. The van der Waals surface area contributed by atoms with Crippen LogP contribution in [-0.2, 0) is 36.1 Å². The van der Waals surface area contributed by atoms with E-state index in [1.165, 1.54) is 11.1 Å². The fraction of sp³-hybridized carbons (Fsp3) is 0.619. The van der Waals surface area contributed by atoms with E-state index in [1.54, 1.807) is 20.1 Å². The van der Waals surface area contributed by atoms with Gasteiger partial charge >= 0.3 is 0 Å². The molecular formula is C42H55ClN4O7S. The van der Waals surface area contributed by atoms with Gasteiger partial charge < -0.3 is 24.0 Å². The minimum Gasteiger partial charge on any atom is -0.490 e. The maximum atomic E-state index is 13.7. The zero-order chi connectivity index (χ0) is 38.7. The Kier molecular flexibility index (Phi) is 10.5. The number of nitrogens with one attached hydrogen (secondary N) is 1. The van der Waals surface area contributed by atoms with E-state index in [-0.39, 0.29) is 40.7 Å². The van der Waals surface area contributed by atoms with Crippen molar-refractivity contribution in [2.75, 3.05) is 64.5 Å². The molecule has 3 fully saturated rings. The van der Waals surface area contributed by atoms with Crippen molar-refractivity contribution < 1.29 is 32.2 Å². The first-order valence-electron chi connectivity index (χ1n) is 20.1. The monoisotopic (exact) mass is 794 g/mol. The summed E-state index contributed by atoms with van der Waals surface area (Å²) in [4.78, 5) is 33.4. The Hall–Kier alpha value is -3.16. The molecule has 8 atom stereocenters. The lowest BCUT2D eigenvalue weighted by molar-refractivity contribution is -0.164. The van der Waals surface area contributed by atoms with Gasteiger partial charge in [-0.25, -0.2) is 13.1 Å². The molecule has 1 spiro atoms. The largest absolute Gasteiger partial charge is 0.490 e. The van der Waals surface area contributed by atoms with E-state index in [0.29, 0.717) is 51.6 Å². The van der Waals surface area contributed by atoms with Gasteiger partial charge in [0.1, 0.15) is 17.5 Å². The number of hydrogen-bond donors (Lipinski definition) is 1. The van der Waals surface area contributed by atoms with Gasteiger partial charge in [-0.2, -0.15) is 0 Å². The molecule has 13 heteroatoms. The van der Waals surface area contributed by atoms with Gasteiger partial charge in [0.05, 0.1) is 30.2 Å². The number of hydrogen-bond acceptors (Lipinski definition) is 9. The second kappa shape index (κ2) is 15.0. The number of carbonyl (C=O) groups is 2. The number of carbonyl (C=O) groups excluding carboxylic acids is 2. The van der Waals surface area contributed by atoms with Crippen LogP contribution in [-0.4, -0.2) is 113 Å². The third-order valence-corrected chi connectivity index (χ3v) is 16.0. The molecule has 2 amide bonds. The van der Waals surface area contributed by atoms with Crippen molar-refractivity contribution in [2.45, 2.75) is 87.7 Å². The molecule has 8 rings (SSSR count). The summed E-state index contributed by atoms with van der Waals surface area (Å²) in [6, 6.07) is 11.5. The molecule has 55 heavy (non-hydrogen) atoms. The van der Waals surface area contributed by atoms with Crippen LogP contribution in [0.15, 0.2) is 48.6 Å². The van der Waals surface area contributed by atoms with Gasteiger partial charge in [-0.05, 0) is 112 Å². The van der Waals surface area contributed by atoms with Gasteiger partial charge in [-0.3, -0.25) is 14.5 Å². The van der Waals surface area contributed by atoms with Crippen molar-refractivity contribution in [3.05, 3.63) is 70.3 Å². The summed E-state index contributed by atoms with van der Waals surface area (Å²) in [5.41, 5.74) is 2.64. The number of methoxy groups -OCH3 is 1. The predicted molar refractivity (Wildman–Crippen MR) is 212 cm³/mol. The first-order chi connectivity index (χ1) is 26.3. The number of benzene rings is 2. The highest BCUT2D eigenvalue weighted by Crippen LogP contribution is 2.49. The van der Waals surface area contributed by atoms with Gasteiger partial charge in [0.2, 0.25) is 10.0 Å². The first kappa shape index (κ1) is 38.7. The van der Waals surface area contributed by atoms with E-state index >= 15 is 0 Å². The third-order valence-electron chi connectivity index (χ3n) is 13.8. The van der Waals surface area contributed by atoms with Crippen LogP contribution in [0.2, 0.25) is 5.02 Å². The topological polar surface area (TPSA) is 118 Å². The molecule has 11 nitrogen and oxygen atoms in total. The molecule has 298 valence electrons. The van der Waals surface area contributed by atoms with Gasteiger partial charge in [-0.15, -0.1) is 0 Å². The van der Waals surface area contributed by atoms with Crippen LogP contribution in [0.3, 0.4) is 0 Å². The van der Waals surface area contributed by atoms with Crippen LogP contribution in [0.1, 0.15) is 74.4 Å². The van der Waals surface area contributed by atoms with Crippen LogP contribution < -0.4 is 14.4 Å². The molecule has 0 aromatic heterocycles. The summed E-state index contributed by atoms with van der Waals surface area (Å²) in [5, 5.41) is -0.0880. The lowest BCUT2D eigenvalue weighted by Gasteiger charge is -2.53. The number of anilines is 1. The van der Waals surface area contributed by atoms with Crippen molar-refractivity contribution in [1.82, 2.24) is 14.5 Å². The number of allylic oxidation sites excluding steroid dienone is 1. The number of fused-ring (bicyclic) bond motifs is 5. The average molecular weight is 795 g/mol. The van der Waals surface area contributed by atoms with E-state index in [2.05, 4.69) is 38.8 Å². The number of morpholine rings is 1. The average Bonchev–Trinajstić information content (AvgIpc) is 3.30. The minimum atomic E-state index is -3.99. The Morgan fingerprint density at radius 2 is 1.89 bits per heavy atom. The van der Waals surface area contributed by atoms with Crippen LogP contribution in [0.4, 0.5) is 5.69 Å². The molecule has 1 N–H and O–H groups in total. The molecule has 1 saturated carbocycles. The number of piperazine rings is 1. The molecule has 2 aromatic rings. The highest BCUT2D eigenvalue weighted by Gasteiger charge is 2.51. The quantitative estimate of drug-likeness (QED) is 0.419. The first-order valence-corrected chi connectivity index (χ1v) is 22.0. The van der Waals surface area contributed by atoms with Crippen molar-refractivity contribution in [2.24, 2.45) is 17.8 Å². The number of ether oxygens (including phenoxy) is 3. The molecule has 0 radical (unpaired) electrons. The van der Waals surface area contributed by atoms with Gasteiger partial charge in [0, 0.05) is 62.4 Å². The summed E-state index contributed by atoms with van der Waals surface area (Å²) < 4.78 is 48.9. The van der Waals surface area contributed by atoms with Crippen LogP contribution >= 0.6 is 11.6 Å². The summed E-state index contributed by atoms with van der Waals surface area (Å²) in [5.74, 6) is 0.281. The van der Waals surface area contributed by atoms with Crippen LogP contribution in [0.25, 0.3) is 0 Å². The van der Waals surface area contributed by atoms with Crippen molar-refractivity contribution in [3.8, 4) is 5.75 Å². The van der Waals surface area contributed by atoms with Gasteiger partial charge in [-0.1, -0.05) is 36.7 Å². The zero-order valence-electron chi connectivity index (χ0n) is 32.5. The number of rotatable bonds is 3. The van der Waals surface area contributed by atoms with Crippen LogP contribution in [0, 0.1) is 17.8 Å². The molecule has 0 unspecified atom stereocenters. The summed E-state index contributed by atoms with van der Waals surface area (Å²) >= 11 is 6.50. The SMILES string of the molecule is CO[C@@]1(CN2CCN3C(=O)[C@H](C)OC[C@@H]3C2)/C=C\C[C@H](C)[C@@H](C)S(=O)(=O)NC(=O)c2ccc3c(c2)N(C[C@@H]2CC[C@H]21)C[C@@]1(CCCc2cc(Cl)ccc21)CO3. The third kappa shape index (κ3) is 7.19. The molecular weight excluding hydrogens is 740 g/mol. The Balaban J connectivity index is 1.18. The molecule has 4 aliphatic heterocycles. The Labute approximate surface area is 330 Å². The predicted octanol–water partition coefficient (Wildman–Crippen LogP) is 5.20. The maximum Gasteiger partial charge on any atom is 0.264 e. The second-order valence-corrected chi connectivity index (χ2v) is 19.6. The van der Waals surface area contributed by atoms with E-state index in [4.69, 9.17) is 25.8 Å². The van der Waals surface area contributed by atoms with E-state index in [0.717, 1.165) is 55.9 Å². The zero-order valence-corrected chi connectivity index (χ0v) is 34.0. The molecule has 2 aromatic carbocycles. The van der Waals surface area contributed by atoms with Gasteiger partial charge in [0.15, 0.2) is 0 Å². The van der Waals surface area contributed by atoms with E-state index in [9.17, 15) is 18.0 Å². The summed E-state index contributed by atoms with van der Waals surface area (Å²) in [6.45, 7) is 10.5. The molecule has 2 bridgehead atoms. The number of amides is 2. The van der Waals surface area contributed by atoms with Crippen molar-refractivity contribution >= 4 is 39.1 Å².